The third-order valence-electron chi connectivity index (χ3n) is 2.15. The molecule has 1 rings (SSSR count). The third-order valence-corrected chi connectivity index (χ3v) is 2.15. The lowest BCUT2D eigenvalue weighted by Gasteiger charge is -2.34. The van der Waals surface area contributed by atoms with Gasteiger partial charge in [-0.3, -0.25) is 4.79 Å². The van der Waals surface area contributed by atoms with Gasteiger partial charge in [0.2, 0.25) is 5.91 Å². The average molecular weight is 143 g/mol. The molecular weight excluding hydrogens is 130 g/mol. The monoisotopic (exact) mass is 143 g/mol. The molecule has 0 bridgehead atoms. The van der Waals surface area contributed by atoms with Crippen molar-refractivity contribution in [3.05, 3.63) is 0 Å². The Balaban J connectivity index is 2.60. The van der Waals surface area contributed by atoms with Crippen LogP contribution in [0.4, 0.5) is 0 Å². The smallest absolute Gasteiger partial charge is 0.248 e. The van der Waals surface area contributed by atoms with Gasteiger partial charge in [-0.2, -0.15) is 0 Å². The van der Waals surface area contributed by atoms with E-state index in [4.69, 9.17) is 4.74 Å². The molecule has 1 aliphatic heterocycles. The van der Waals surface area contributed by atoms with Gasteiger partial charge in [0, 0.05) is 7.05 Å². The zero-order chi connectivity index (χ0) is 7.72. The lowest BCUT2D eigenvalue weighted by Crippen LogP contribution is -2.49. The fraction of sp³-hybridized carbons (Fsp3) is 0.857. The summed E-state index contributed by atoms with van der Waals surface area (Å²) in [6, 6.07) is 0.209. The van der Waals surface area contributed by atoms with Gasteiger partial charge in [-0.05, 0) is 13.8 Å². The summed E-state index contributed by atoms with van der Waals surface area (Å²) in [5.74, 6) is 0.0746. The predicted molar refractivity (Wildman–Crippen MR) is 37.6 cm³/mol. The van der Waals surface area contributed by atoms with Crippen LogP contribution in [-0.4, -0.2) is 36.6 Å². The van der Waals surface area contributed by atoms with Gasteiger partial charge >= 0.3 is 0 Å². The number of carbonyl (C=O) groups excluding carboxylic acids is 1. The first-order valence-corrected chi connectivity index (χ1v) is 3.50. The van der Waals surface area contributed by atoms with Crippen LogP contribution < -0.4 is 0 Å². The fourth-order valence-corrected chi connectivity index (χ4v) is 0.986. The van der Waals surface area contributed by atoms with Gasteiger partial charge in [-0.25, -0.2) is 0 Å². The summed E-state index contributed by atoms with van der Waals surface area (Å²) in [6.45, 7) is 4.21. The molecule has 0 aromatic heterocycles. The van der Waals surface area contributed by atoms with Crippen molar-refractivity contribution in [2.75, 3.05) is 13.7 Å². The number of ether oxygens (including phenoxy) is 1. The lowest BCUT2D eigenvalue weighted by molar-refractivity contribution is -0.151. The van der Waals surface area contributed by atoms with E-state index in [1.807, 2.05) is 20.9 Å². The Labute approximate surface area is 61.0 Å². The van der Waals surface area contributed by atoms with E-state index in [-0.39, 0.29) is 24.7 Å². The van der Waals surface area contributed by atoms with E-state index >= 15 is 0 Å². The molecule has 2 atom stereocenters. The molecule has 0 aromatic carbocycles. The maximum Gasteiger partial charge on any atom is 0.248 e. The molecule has 1 heterocycles. The van der Waals surface area contributed by atoms with Crippen LogP contribution in [0, 0.1) is 0 Å². The highest BCUT2D eigenvalue weighted by Crippen LogP contribution is 2.11. The molecule has 3 heteroatoms. The van der Waals surface area contributed by atoms with Crippen molar-refractivity contribution < 1.29 is 9.53 Å². The molecule has 1 fully saturated rings. The van der Waals surface area contributed by atoms with Crippen molar-refractivity contribution >= 4 is 5.91 Å². The van der Waals surface area contributed by atoms with E-state index in [0.29, 0.717) is 0 Å². The largest absolute Gasteiger partial charge is 0.367 e. The second-order valence-electron chi connectivity index (χ2n) is 2.76. The maximum atomic E-state index is 11.0. The number of nitrogens with zero attached hydrogens (tertiary/aromatic N) is 1. The molecule has 0 spiro atoms. The summed E-state index contributed by atoms with van der Waals surface area (Å²) >= 11 is 0. The van der Waals surface area contributed by atoms with Crippen LogP contribution in [0.1, 0.15) is 13.8 Å². The number of likely N-dealkylation sites (N-methyl/N-ethyl adjacent to an activating group) is 1. The van der Waals surface area contributed by atoms with Crippen LogP contribution in [0.5, 0.6) is 0 Å². The van der Waals surface area contributed by atoms with E-state index in [1.54, 1.807) is 4.90 Å². The van der Waals surface area contributed by atoms with E-state index in [9.17, 15) is 4.79 Å². The summed E-state index contributed by atoms with van der Waals surface area (Å²) in [6.07, 6.45) is 0.169. The normalized spacial score (nSPS) is 34.7. The lowest BCUT2D eigenvalue weighted by atomic mass is 10.1. The minimum atomic E-state index is 0.0746. The Kier molecular flexibility index (Phi) is 1.94. The highest BCUT2D eigenvalue weighted by Gasteiger charge is 2.27. The first-order chi connectivity index (χ1) is 4.63. The SMILES string of the molecule is C[C@@H]1OCC(=O)N(C)[C@@H]1C. The van der Waals surface area contributed by atoms with Crippen LogP contribution >= 0.6 is 0 Å². The Hall–Kier alpha value is -0.570. The molecule has 0 unspecified atom stereocenters. The number of hydrogen-bond donors (Lipinski definition) is 0. The summed E-state index contributed by atoms with van der Waals surface area (Å²) < 4.78 is 5.18. The van der Waals surface area contributed by atoms with Crippen LogP contribution in [0.3, 0.4) is 0 Å². The van der Waals surface area contributed by atoms with E-state index in [0.717, 1.165) is 0 Å². The number of carbonyl (C=O) groups is 1. The van der Waals surface area contributed by atoms with Crippen LogP contribution in [0.25, 0.3) is 0 Å². The topological polar surface area (TPSA) is 29.5 Å². The van der Waals surface area contributed by atoms with Gasteiger partial charge in [0.15, 0.2) is 0 Å². The van der Waals surface area contributed by atoms with Crippen LogP contribution in [0.15, 0.2) is 0 Å². The number of morpholine rings is 1. The Morgan fingerprint density at radius 1 is 1.60 bits per heavy atom. The number of hydrogen-bond acceptors (Lipinski definition) is 2. The van der Waals surface area contributed by atoms with Crippen LogP contribution in [0.2, 0.25) is 0 Å². The molecule has 0 aliphatic carbocycles. The Morgan fingerprint density at radius 3 is 2.70 bits per heavy atom. The second-order valence-corrected chi connectivity index (χ2v) is 2.76. The molecule has 1 aliphatic rings. The fourth-order valence-electron chi connectivity index (χ4n) is 0.986. The molecule has 1 amide bonds. The van der Waals surface area contributed by atoms with Crippen LogP contribution in [-0.2, 0) is 9.53 Å². The zero-order valence-corrected chi connectivity index (χ0v) is 6.63. The molecule has 3 nitrogen and oxygen atoms in total. The van der Waals surface area contributed by atoms with Gasteiger partial charge in [0.1, 0.15) is 6.61 Å². The molecule has 0 radical (unpaired) electrons. The summed E-state index contributed by atoms with van der Waals surface area (Å²) in [5, 5.41) is 0. The highest BCUT2D eigenvalue weighted by atomic mass is 16.5. The van der Waals surface area contributed by atoms with Crippen molar-refractivity contribution in [2.45, 2.75) is 26.0 Å². The second kappa shape index (κ2) is 2.58. The minimum absolute atomic E-state index is 0.0746. The first-order valence-electron chi connectivity index (χ1n) is 3.50. The molecule has 0 saturated carbocycles. The Morgan fingerprint density at radius 2 is 2.20 bits per heavy atom. The van der Waals surface area contributed by atoms with Crippen molar-refractivity contribution in [2.24, 2.45) is 0 Å². The van der Waals surface area contributed by atoms with Gasteiger partial charge in [-0.1, -0.05) is 0 Å². The van der Waals surface area contributed by atoms with Gasteiger partial charge in [0.25, 0.3) is 0 Å². The average Bonchev–Trinajstić information content (AvgIpc) is 1.93. The highest BCUT2D eigenvalue weighted by molar-refractivity contribution is 5.78. The molecule has 0 N–H and O–H groups in total. The van der Waals surface area contributed by atoms with E-state index in [2.05, 4.69) is 0 Å². The summed E-state index contributed by atoms with van der Waals surface area (Å²) in [7, 11) is 1.81. The van der Waals surface area contributed by atoms with Gasteiger partial charge in [-0.15, -0.1) is 0 Å². The maximum absolute atomic E-state index is 11.0. The zero-order valence-electron chi connectivity index (χ0n) is 6.63. The van der Waals surface area contributed by atoms with E-state index in [1.165, 1.54) is 0 Å². The molecule has 58 valence electrons. The molecule has 1 saturated heterocycles. The van der Waals surface area contributed by atoms with Gasteiger partial charge < -0.3 is 9.64 Å². The quantitative estimate of drug-likeness (QED) is 0.486. The molecule has 0 aromatic rings. The van der Waals surface area contributed by atoms with Crippen molar-refractivity contribution in [3.63, 3.8) is 0 Å². The number of rotatable bonds is 0. The Bertz CT molecular complexity index is 147. The van der Waals surface area contributed by atoms with Crippen molar-refractivity contribution in [1.29, 1.82) is 0 Å². The minimum Gasteiger partial charge on any atom is -0.367 e. The van der Waals surface area contributed by atoms with E-state index < -0.39 is 0 Å². The number of amides is 1. The standard InChI is InChI=1S/C7H13NO2/c1-5-6(2)10-4-7(9)8(5)3/h5-6H,4H2,1-3H3/t5-,6+/m1/s1. The first kappa shape index (κ1) is 7.54. The third kappa shape index (κ3) is 1.14. The van der Waals surface area contributed by atoms with Gasteiger partial charge in [0.05, 0.1) is 12.1 Å². The molecular formula is C7H13NO2. The summed E-state index contributed by atoms with van der Waals surface area (Å²) in [5.41, 5.74) is 0. The molecule has 10 heavy (non-hydrogen) atoms. The predicted octanol–water partition coefficient (Wildman–Crippen LogP) is 0.252. The van der Waals surface area contributed by atoms with Crippen molar-refractivity contribution in [3.8, 4) is 0 Å². The summed E-state index contributed by atoms with van der Waals surface area (Å²) in [4.78, 5) is 12.7. The van der Waals surface area contributed by atoms with Crippen molar-refractivity contribution in [1.82, 2.24) is 4.90 Å².